The van der Waals surface area contributed by atoms with Gasteiger partial charge in [0, 0.05) is 31.5 Å². The van der Waals surface area contributed by atoms with Crippen molar-refractivity contribution >= 4 is 35.9 Å². The second-order valence-corrected chi connectivity index (χ2v) is 12.9. The lowest BCUT2D eigenvalue weighted by Gasteiger charge is -2.31. The van der Waals surface area contributed by atoms with Gasteiger partial charge in [-0.2, -0.15) is 0 Å². The van der Waals surface area contributed by atoms with Crippen molar-refractivity contribution in [3.05, 3.63) is 77.4 Å². The van der Waals surface area contributed by atoms with E-state index in [0.29, 0.717) is 12.0 Å². The molecule has 266 valence electrons. The summed E-state index contributed by atoms with van der Waals surface area (Å²) in [6.45, 7) is 7.60. The van der Waals surface area contributed by atoms with Crippen LogP contribution in [0.2, 0.25) is 0 Å². The normalized spacial score (nSPS) is 17.3. The molecule has 1 saturated heterocycles. The molecule has 13 heteroatoms. The SMILES string of the molecule is CC(C)COC(=O)N[C@H](C(=O)N1C[C@H](c2ccccc2)C[C@H]1C(=O)N[C@@H](CC(F)F)C(=O)NCCc1cccc(/C=C/C(=O)O)c1)C(C)C. The van der Waals surface area contributed by atoms with E-state index >= 15 is 0 Å². The number of carbonyl (C=O) groups excluding carboxylic acids is 4. The fourth-order valence-corrected chi connectivity index (χ4v) is 5.55. The number of amides is 4. The molecule has 1 aliphatic heterocycles. The number of carbonyl (C=O) groups is 5. The van der Waals surface area contributed by atoms with Crippen LogP contribution in [0.4, 0.5) is 13.6 Å². The van der Waals surface area contributed by atoms with Gasteiger partial charge in [0.05, 0.1) is 6.61 Å². The molecule has 1 fully saturated rings. The maximum absolute atomic E-state index is 14.0. The molecule has 0 saturated carbocycles. The first-order chi connectivity index (χ1) is 23.2. The van der Waals surface area contributed by atoms with Crippen molar-refractivity contribution in [2.24, 2.45) is 11.8 Å². The van der Waals surface area contributed by atoms with Gasteiger partial charge in [0.25, 0.3) is 0 Å². The van der Waals surface area contributed by atoms with Crippen LogP contribution in [0.1, 0.15) is 63.1 Å². The summed E-state index contributed by atoms with van der Waals surface area (Å²) in [6, 6.07) is 12.5. The Labute approximate surface area is 285 Å². The number of nitrogens with zero attached hydrogens (tertiary/aromatic N) is 1. The van der Waals surface area contributed by atoms with Crippen LogP contribution in [-0.2, 0) is 30.3 Å². The maximum atomic E-state index is 14.0. The molecule has 11 nitrogen and oxygen atoms in total. The molecule has 0 aliphatic carbocycles. The summed E-state index contributed by atoms with van der Waals surface area (Å²) >= 11 is 0. The van der Waals surface area contributed by atoms with E-state index < -0.39 is 60.8 Å². The molecule has 4 amide bonds. The van der Waals surface area contributed by atoms with Crippen LogP contribution in [0, 0.1) is 11.8 Å². The fraction of sp³-hybridized carbons (Fsp3) is 0.472. The number of alkyl carbamates (subject to hydrolysis) is 1. The van der Waals surface area contributed by atoms with Crippen molar-refractivity contribution in [3.63, 3.8) is 0 Å². The molecule has 0 spiro atoms. The Hall–Kier alpha value is -4.81. The first-order valence-corrected chi connectivity index (χ1v) is 16.4. The number of carboxylic acids is 1. The zero-order valence-electron chi connectivity index (χ0n) is 28.2. The van der Waals surface area contributed by atoms with Gasteiger partial charge in [-0.3, -0.25) is 14.4 Å². The molecule has 1 heterocycles. The van der Waals surface area contributed by atoms with E-state index in [9.17, 15) is 32.8 Å². The summed E-state index contributed by atoms with van der Waals surface area (Å²) in [4.78, 5) is 65.6. The van der Waals surface area contributed by atoms with Gasteiger partial charge in [-0.1, -0.05) is 82.3 Å². The van der Waals surface area contributed by atoms with Crippen molar-refractivity contribution in [3.8, 4) is 0 Å². The Balaban J connectivity index is 1.76. The molecule has 0 aromatic heterocycles. The molecule has 1 aliphatic rings. The Morgan fingerprint density at radius 2 is 1.71 bits per heavy atom. The molecule has 0 unspecified atom stereocenters. The van der Waals surface area contributed by atoms with Gasteiger partial charge in [0.2, 0.25) is 24.1 Å². The summed E-state index contributed by atoms with van der Waals surface area (Å²) in [5.74, 6) is -3.73. The van der Waals surface area contributed by atoms with Gasteiger partial charge in [0.15, 0.2) is 0 Å². The van der Waals surface area contributed by atoms with Crippen LogP contribution < -0.4 is 16.0 Å². The topological polar surface area (TPSA) is 154 Å². The third kappa shape index (κ3) is 12.3. The Bertz CT molecular complexity index is 1470. The zero-order chi connectivity index (χ0) is 36.1. The highest BCUT2D eigenvalue weighted by Gasteiger charge is 2.44. The van der Waals surface area contributed by atoms with E-state index in [2.05, 4.69) is 16.0 Å². The van der Waals surface area contributed by atoms with Crippen molar-refractivity contribution in [1.82, 2.24) is 20.9 Å². The number of ether oxygens (including phenoxy) is 1. The van der Waals surface area contributed by atoms with Crippen molar-refractivity contribution in [2.75, 3.05) is 19.7 Å². The number of nitrogens with one attached hydrogen (secondary N) is 3. The lowest BCUT2D eigenvalue weighted by molar-refractivity contribution is -0.141. The minimum Gasteiger partial charge on any atom is -0.478 e. The van der Waals surface area contributed by atoms with Gasteiger partial charge in [0.1, 0.15) is 18.1 Å². The highest BCUT2D eigenvalue weighted by atomic mass is 19.3. The average molecular weight is 685 g/mol. The molecule has 0 radical (unpaired) electrons. The summed E-state index contributed by atoms with van der Waals surface area (Å²) in [7, 11) is 0. The van der Waals surface area contributed by atoms with E-state index in [1.54, 1.807) is 38.1 Å². The fourth-order valence-electron chi connectivity index (χ4n) is 5.55. The molecule has 2 aromatic carbocycles. The Kier molecular flexibility index (Phi) is 14.7. The van der Waals surface area contributed by atoms with Crippen molar-refractivity contribution < 1.29 is 42.6 Å². The molecule has 4 N–H and O–H groups in total. The third-order valence-corrected chi connectivity index (χ3v) is 8.04. The summed E-state index contributed by atoms with van der Waals surface area (Å²) in [5.41, 5.74) is 2.29. The second kappa shape index (κ2) is 18.7. The van der Waals surface area contributed by atoms with Gasteiger partial charge < -0.3 is 30.7 Å². The number of hydrogen-bond donors (Lipinski definition) is 4. The van der Waals surface area contributed by atoms with E-state index in [1.807, 2.05) is 44.2 Å². The van der Waals surface area contributed by atoms with E-state index in [1.165, 1.54) is 11.0 Å². The van der Waals surface area contributed by atoms with Crippen molar-refractivity contribution in [2.45, 2.75) is 77.4 Å². The molecule has 49 heavy (non-hydrogen) atoms. The van der Waals surface area contributed by atoms with E-state index in [-0.39, 0.29) is 43.9 Å². The van der Waals surface area contributed by atoms with E-state index in [4.69, 9.17) is 9.84 Å². The predicted molar refractivity (Wildman–Crippen MR) is 180 cm³/mol. The van der Waals surface area contributed by atoms with Crippen LogP contribution in [0.5, 0.6) is 0 Å². The molecule has 2 aromatic rings. The molecule has 0 bridgehead atoms. The van der Waals surface area contributed by atoms with Crippen LogP contribution in [0.15, 0.2) is 60.7 Å². The monoisotopic (exact) mass is 684 g/mol. The van der Waals surface area contributed by atoms with Gasteiger partial charge in [-0.05, 0) is 47.4 Å². The number of likely N-dealkylation sites (tertiary alicyclic amines) is 1. The van der Waals surface area contributed by atoms with Gasteiger partial charge in [-0.25, -0.2) is 18.4 Å². The number of benzene rings is 2. The highest BCUT2D eigenvalue weighted by molar-refractivity contribution is 5.94. The summed E-state index contributed by atoms with van der Waals surface area (Å²) in [6.07, 6.45) is -1.68. The number of halogens is 2. The second-order valence-electron chi connectivity index (χ2n) is 12.9. The number of carboxylic acid groups (broad SMARTS) is 1. The number of hydrogen-bond acceptors (Lipinski definition) is 6. The van der Waals surface area contributed by atoms with Crippen LogP contribution >= 0.6 is 0 Å². The number of aliphatic carboxylic acids is 1. The highest BCUT2D eigenvalue weighted by Crippen LogP contribution is 2.33. The lowest BCUT2D eigenvalue weighted by Crippen LogP contribution is -2.57. The van der Waals surface area contributed by atoms with Gasteiger partial charge in [-0.15, -0.1) is 0 Å². The van der Waals surface area contributed by atoms with Crippen LogP contribution in [0.3, 0.4) is 0 Å². The average Bonchev–Trinajstić information content (AvgIpc) is 3.51. The number of alkyl halides is 2. The predicted octanol–water partition coefficient (Wildman–Crippen LogP) is 4.37. The Morgan fingerprint density at radius 1 is 1.00 bits per heavy atom. The first-order valence-electron chi connectivity index (χ1n) is 16.4. The minimum absolute atomic E-state index is 0.0688. The van der Waals surface area contributed by atoms with Gasteiger partial charge >= 0.3 is 12.1 Å². The number of rotatable bonds is 16. The standard InChI is InChI=1S/C36H46F2N4O7/c1-22(2)21-49-36(48)41-32(23(3)4)35(47)42-20-27(26-11-6-5-7-12-26)18-29(42)34(46)40-28(19-30(37)38)33(45)39-16-15-25-10-8-9-24(17-25)13-14-31(43)44/h5-14,17,22-23,27-30,32H,15-16,18-21H2,1-4H3,(H,39,45)(H,40,46)(H,41,48)(H,43,44)/b14-13+/t27-,28+,29+,32+/m1/s1. The lowest BCUT2D eigenvalue weighted by atomic mass is 9.96. The smallest absolute Gasteiger partial charge is 0.407 e. The summed E-state index contributed by atoms with van der Waals surface area (Å²) < 4.78 is 32.5. The molecule has 3 rings (SSSR count). The van der Waals surface area contributed by atoms with Crippen LogP contribution in [0.25, 0.3) is 6.08 Å². The quantitative estimate of drug-likeness (QED) is 0.192. The molecular formula is C36H46F2N4O7. The largest absolute Gasteiger partial charge is 0.478 e. The molecular weight excluding hydrogens is 638 g/mol. The van der Waals surface area contributed by atoms with Crippen LogP contribution in [-0.4, -0.2) is 84.0 Å². The zero-order valence-corrected chi connectivity index (χ0v) is 28.2. The minimum atomic E-state index is -2.90. The first kappa shape index (κ1) is 38.6. The maximum Gasteiger partial charge on any atom is 0.407 e. The Morgan fingerprint density at radius 3 is 2.35 bits per heavy atom. The molecule has 4 atom stereocenters. The summed E-state index contributed by atoms with van der Waals surface area (Å²) in [5, 5.41) is 16.6. The van der Waals surface area contributed by atoms with Crippen molar-refractivity contribution in [1.29, 1.82) is 0 Å². The van der Waals surface area contributed by atoms with E-state index in [0.717, 1.165) is 17.2 Å². The third-order valence-electron chi connectivity index (χ3n) is 8.04.